The van der Waals surface area contributed by atoms with Crippen LogP contribution in [0.3, 0.4) is 0 Å². The van der Waals surface area contributed by atoms with E-state index in [4.69, 9.17) is 4.42 Å². The van der Waals surface area contributed by atoms with E-state index in [1.807, 2.05) is 24.3 Å². The molecule has 0 saturated carbocycles. The highest BCUT2D eigenvalue weighted by molar-refractivity contribution is 5.91. The Morgan fingerprint density at radius 3 is 2.71 bits per heavy atom. The molecule has 2 aromatic heterocycles. The topological polar surface area (TPSA) is 76.2 Å². The molecule has 1 N–H and O–H groups in total. The fourth-order valence-electron chi connectivity index (χ4n) is 4.60. The van der Waals surface area contributed by atoms with Crippen molar-refractivity contribution in [2.45, 2.75) is 57.7 Å². The molecule has 0 bridgehead atoms. The average molecular weight is 420 g/mol. The fraction of sp³-hybridized carbons (Fsp3) is 0.458. The zero-order valence-electron chi connectivity index (χ0n) is 17.8. The molecule has 1 saturated heterocycles. The van der Waals surface area contributed by atoms with E-state index in [9.17, 15) is 4.79 Å². The number of benzene rings is 1. The van der Waals surface area contributed by atoms with Gasteiger partial charge in [0.1, 0.15) is 17.4 Å². The molecule has 4 heterocycles. The molecule has 3 aromatic rings. The van der Waals surface area contributed by atoms with Crippen LogP contribution >= 0.6 is 0 Å². The van der Waals surface area contributed by atoms with Crippen LogP contribution in [-0.2, 0) is 25.9 Å². The second kappa shape index (κ2) is 9.06. The van der Waals surface area contributed by atoms with Gasteiger partial charge in [-0.1, -0.05) is 30.3 Å². The number of furan rings is 1. The Morgan fingerprint density at radius 2 is 1.87 bits per heavy atom. The molecule has 0 radical (unpaired) electrons. The zero-order valence-corrected chi connectivity index (χ0v) is 17.8. The summed E-state index contributed by atoms with van der Waals surface area (Å²) in [7, 11) is 0. The first-order chi connectivity index (χ1) is 15.2. The first-order valence-corrected chi connectivity index (χ1v) is 11.3. The number of carbonyl (C=O) groups is 1. The van der Waals surface area contributed by atoms with Crippen molar-refractivity contribution in [2.24, 2.45) is 0 Å². The van der Waals surface area contributed by atoms with E-state index in [0.29, 0.717) is 5.76 Å². The van der Waals surface area contributed by atoms with Gasteiger partial charge in [0.05, 0.1) is 6.54 Å². The molecule has 0 spiro atoms. The van der Waals surface area contributed by atoms with Crippen LogP contribution in [-0.4, -0.2) is 44.7 Å². The summed E-state index contributed by atoms with van der Waals surface area (Å²) >= 11 is 0. The molecule has 5 rings (SSSR count). The molecule has 31 heavy (non-hydrogen) atoms. The standard InChI is InChI=1S/C24H29N5O2/c30-24(21-10-9-20(31-21)17-28-13-4-5-14-28)25-19-8-11-22-26-27-23(29(22)15-12-19)16-18-6-2-1-3-7-18/h1-3,6-7,9-10,19H,4-5,8,11-17H2,(H,25,30). The van der Waals surface area contributed by atoms with E-state index in [1.165, 1.54) is 18.4 Å². The molecular weight excluding hydrogens is 390 g/mol. The smallest absolute Gasteiger partial charge is 0.287 e. The number of aryl methyl sites for hydroxylation is 1. The lowest BCUT2D eigenvalue weighted by Gasteiger charge is -2.15. The fourth-order valence-corrected chi connectivity index (χ4v) is 4.60. The Balaban J connectivity index is 1.18. The molecule has 1 fully saturated rings. The normalized spacial score (nSPS) is 19.2. The molecule has 2 aliphatic rings. The highest BCUT2D eigenvalue weighted by atomic mass is 16.4. The van der Waals surface area contributed by atoms with Crippen LogP contribution in [0.15, 0.2) is 46.9 Å². The number of aromatic nitrogens is 3. The van der Waals surface area contributed by atoms with Gasteiger partial charge in [0.15, 0.2) is 5.76 Å². The number of rotatable bonds is 6. The summed E-state index contributed by atoms with van der Waals surface area (Å²) in [5, 5.41) is 12.0. The molecule has 7 nitrogen and oxygen atoms in total. The van der Waals surface area contributed by atoms with Crippen LogP contribution in [0.2, 0.25) is 0 Å². The number of likely N-dealkylation sites (tertiary alicyclic amines) is 1. The predicted molar refractivity (Wildman–Crippen MR) is 117 cm³/mol. The van der Waals surface area contributed by atoms with Crippen LogP contribution in [0.5, 0.6) is 0 Å². The molecule has 162 valence electrons. The molecule has 0 aliphatic carbocycles. The Morgan fingerprint density at radius 1 is 1.03 bits per heavy atom. The van der Waals surface area contributed by atoms with Gasteiger partial charge in [0.25, 0.3) is 5.91 Å². The van der Waals surface area contributed by atoms with Gasteiger partial charge >= 0.3 is 0 Å². The molecule has 1 unspecified atom stereocenters. The van der Waals surface area contributed by atoms with E-state index in [-0.39, 0.29) is 11.9 Å². The molecule has 1 amide bonds. The molecule has 2 aliphatic heterocycles. The number of hydrogen-bond acceptors (Lipinski definition) is 5. The zero-order chi connectivity index (χ0) is 21.0. The van der Waals surface area contributed by atoms with Crippen molar-refractivity contribution in [1.82, 2.24) is 25.0 Å². The van der Waals surface area contributed by atoms with Crippen LogP contribution in [0.25, 0.3) is 0 Å². The second-order valence-electron chi connectivity index (χ2n) is 8.59. The van der Waals surface area contributed by atoms with E-state index in [1.54, 1.807) is 6.07 Å². The Bertz CT molecular complexity index is 1020. The Labute approximate surface area is 182 Å². The third-order valence-corrected chi connectivity index (χ3v) is 6.33. The van der Waals surface area contributed by atoms with Crippen LogP contribution in [0, 0.1) is 0 Å². The van der Waals surface area contributed by atoms with E-state index < -0.39 is 0 Å². The second-order valence-corrected chi connectivity index (χ2v) is 8.59. The van der Waals surface area contributed by atoms with E-state index >= 15 is 0 Å². The first-order valence-electron chi connectivity index (χ1n) is 11.3. The lowest BCUT2D eigenvalue weighted by molar-refractivity contribution is 0.0901. The highest BCUT2D eigenvalue weighted by Crippen LogP contribution is 2.19. The SMILES string of the molecule is O=C(NC1CCc2nnc(Cc3ccccc3)n2CC1)c1ccc(CN2CCCC2)o1. The lowest BCUT2D eigenvalue weighted by Crippen LogP contribution is -2.35. The number of nitrogens with zero attached hydrogens (tertiary/aromatic N) is 4. The van der Waals surface area contributed by atoms with Gasteiger partial charge in [0, 0.05) is 25.4 Å². The number of carbonyl (C=O) groups excluding carboxylic acids is 1. The maximum Gasteiger partial charge on any atom is 0.287 e. The molecule has 1 atom stereocenters. The van der Waals surface area contributed by atoms with Crippen molar-refractivity contribution in [2.75, 3.05) is 13.1 Å². The monoisotopic (exact) mass is 419 g/mol. The number of amides is 1. The Kier molecular flexibility index (Phi) is 5.84. The predicted octanol–water partition coefficient (Wildman–Crippen LogP) is 3.19. The van der Waals surface area contributed by atoms with Gasteiger partial charge in [-0.2, -0.15) is 0 Å². The highest BCUT2D eigenvalue weighted by Gasteiger charge is 2.23. The van der Waals surface area contributed by atoms with Crippen molar-refractivity contribution in [3.8, 4) is 0 Å². The quantitative estimate of drug-likeness (QED) is 0.664. The maximum absolute atomic E-state index is 12.7. The average Bonchev–Trinajstić information content (AvgIpc) is 3.51. The minimum Gasteiger partial charge on any atom is -0.455 e. The van der Waals surface area contributed by atoms with Gasteiger partial charge in [0.2, 0.25) is 0 Å². The number of hydrogen-bond donors (Lipinski definition) is 1. The summed E-state index contributed by atoms with van der Waals surface area (Å²) in [5.74, 6) is 3.14. The molecule has 7 heteroatoms. The van der Waals surface area contributed by atoms with Crippen LogP contribution in [0.4, 0.5) is 0 Å². The number of fused-ring (bicyclic) bond motifs is 1. The summed E-state index contributed by atoms with van der Waals surface area (Å²) in [6, 6.07) is 14.2. The van der Waals surface area contributed by atoms with Crippen molar-refractivity contribution in [1.29, 1.82) is 0 Å². The van der Waals surface area contributed by atoms with Gasteiger partial charge in [-0.3, -0.25) is 9.69 Å². The molecular formula is C24H29N5O2. The van der Waals surface area contributed by atoms with Gasteiger partial charge in [-0.15, -0.1) is 10.2 Å². The summed E-state index contributed by atoms with van der Waals surface area (Å²) in [5.41, 5.74) is 1.23. The minimum absolute atomic E-state index is 0.103. The van der Waals surface area contributed by atoms with Crippen molar-refractivity contribution in [3.63, 3.8) is 0 Å². The Hall–Kier alpha value is -2.93. The first kappa shape index (κ1) is 20.0. The minimum atomic E-state index is -0.125. The lowest BCUT2D eigenvalue weighted by atomic mass is 10.1. The largest absolute Gasteiger partial charge is 0.455 e. The summed E-state index contributed by atoms with van der Waals surface area (Å²) in [6.45, 7) is 3.82. The van der Waals surface area contributed by atoms with Crippen molar-refractivity contribution >= 4 is 5.91 Å². The van der Waals surface area contributed by atoms with Gasteiger partial charge in [-0.05, 0) is 56.5 Å². The van der Waals surface area contributed by atoms with Gasteiger partial charge < -0.3 is 14.3 Å². The molecule has 1 aromatic carbocycles. The van der Waals surface area contributed by atoms with Crippen LogP contribution in [0.1, 0.15) is 59.2 Å². The van der Waals surface area contributed by atoms with Crippen molar-refractivity contribution < 1.29 is 9.21 Å². The number of nitrogens with one attached hydrogen (secondary N) is 1. The van der Waals surface area contributed by atoms with E-state index in [2.05, 4.69) is 37.1 Å². The van der Waals surface area contributed by atoms with Gasteiger partial charge in [-0.25, -0.2) is 0 Å². The van der Waals surface area contributed by atoms with Crippen molar-refractivity contribution in [3.05, 3.63) is 71.2 Å². The summed E-state index contributed by atoms with van der Waals surface area (Å²) in [6.07, 6.45) is 5.80. The summed E-state index contributed by atoms with van der Waals surface area (Å²) in [4.78, 5) is 15.1. The third kappa shape index (κ3) is 4.71. The third-order valence-electron chi connectivity index (χ3n) is 6.33. The van der Waals surface area contributed by atoms with E-state index in [0.717, 1.165) is 69.3 Å². The van der Waals surface area contributed by atoms with Crippen LogP contribution < -0.4 is 5.32 Å². The summed E-state index contributed by atoms with van der Waals surface area (Å²) < 4.78 is 8.05. The maximum atomic E-state index is 12.7.